The number of carbonyl (C=O) groups is 1. The van der Waals surface area contributed by atoms with Crippen LogP contribution in [0.1, 0.15) is 12.5 Å². The maximum absolute atomic E-state index is 12.1. The van der Waals surface area contributed by atoms with Gasteiger partial charge in [0.15, 0.2) is 16.6 Å². The first-order valence-corrected chi connectivity index (χ1v) is 7.10. The van der Waals surface area contributed by atoms with Gasteiger partial charge in [-0.05, 0) is 42.9 Å². The summed E-state index contributed by atoms with van der Waals surface area (Å²) in [5.74, 6) is 3.36. The van der Waals surface area contributed by atoms with Crippen molar-refractivity contribution in [1.29, 1.82) is 0 Å². The number of thiocarbonyl (C=S) groups is 1. The number of nitrogens with one attached hydrogen (secondary N) is 1. The molecule has 5 nitrogen and oxygen atoms in total. The Morgan fingerprint density at radius 3 is 2.82 bits per heavy atom. The predicted molar refractivity (Wildman–Crippen MR) is 88.4 cm³/mol. The standard InChI is InChI=1S/C16H16N2O3S/c1-4-8-21-13-7-6-11(10-14(13)20-3)9-12-15(19)18(5-2)16(22)17-12/h1,6-7,9-10H,5,8H2,2-3H3,(H,17,22)/b12-9+. The summed E-state index contributed by atoms with van der Waals surface area (Å²) in [7, 11) is 1.54. The summed E-state index contributed by atoms with van der Waals surface area (Å²) >= 11 is 5.12. The second-order valence-corrected chi connectivity index (χ2v) is 4.83. The second kappa shape index (κ2) is 6.96. The van der Waals surface area contributed by atoms with Gasteiger partial charge in [0, 0.05) is 6.54 Å². The van der Waals surface area contributed by atoms with Crippen LogP contribution in [0, 0.1) is 12.3 Å². The molecule has 22 heavy (non-hydrogen) atoms. The summed E-state index contributed by atoms with van der Waals surface area (Å²) < 4.78 is 10.7. The summed E-state index contributed by atoms with van der Waals surface area (Å²) in [5, 5.41) is 3.33. The van der Waals surface area contributed by atoms with Crippen LogP contribution in [0.4, 0.5) is 0 Å². The highest BCUT2D eigenvalue weighted by Crippen LogP contribution is 2.29. The zero-order valence-electron chi connectivity index (χ0n) is 12.4. The lowest BCUT2D eigenvalue weighted by atomic mass is 10.1. The van der Waals surface area contributed by atoms with Crippen molar-refractivity contribution in [2.75, 3.05) is 20.3 Å². The predicted octanol–water partition coefficient (Wildman–Crippen LogP) is 1.78. The fourth-order valence-corrected chi connectivity index (χ4v) is 2.36. The molecule has 0 aliphatic carbocycles. The van der Waals surface area contributed by atoms with Crippen molar-refractivity contribution in [3.63, 3.8) is 0 Å². The molecule has 6 heteroatoms. The summed E-state index contributed by atoms with van der Waals surface area (Å²) in [6, 6.07) is 5.33. The van der Waals surface area contributed by atoms with Crippen LogP contribution in [0.2, 0.25) is 0 Å². The van der Waals surface area contributed by atoms with Crippen molar-refractivity contribution in [2.45, 2.75) is 6.92 Å². The molecule has 0 spiro atoms. The molecule has 1 aliphatic rings. The van der Waals surface area contributed by atoms with E-state index in [2.05, 4.69) is 11.2 Å². The van der Waals surface area contributed by atoms with Crippen molar-refractivity contribution in [3.8, 4) is 23.8 Å². The third-order valence-electron chi connectivity index (χ3n) is 3.09. The fraction of sp³-hybridized carbons (Fsp3) is 0.250. The van der Waals surface area contributed by atoms with E-state index >= 15 is 0 Å². The molecular weight excluding hydrogens is 300 g/mol. The average molecular weight is 316 g/mol. The van der Waals surface area contributed by atoms with E-state index in [1.54, 1.807) is 25.3 Å². The molecule has 1 N–H and O–H groups in total. The Morgan fingerprint density at radius 1 is 1.45 bits per heavy atom. The zero-order valence-corrected chi connectivity index (χ0v) is 13.2. The monoisotopic (exact) mass is 316 g/mol. The quantitative estimate of drug-likeness (QED) is 0.510. The van der Waals surface area contributed by atoms with Crippen molar-refractivity contribution in [1.82, 2.24) is 10.2 Å². The molecule has 0 atom stereocenters. The van der Waals surface area contributed by atoms with Gasteiger partial charge in [-0.2, -0.15) is 0 Å². The van der Waals surface area contributed by atoms with E-state index in [9.17, 15) is 4.79 Å². The number of ether oxygens (including phenoxy) is 2. The van der Waals surface area contributed by atoms with E-state index in [4.69, 9.17) is 28.1 Å². The molecule has 0 bridgehead atoms. The lowest BCUT2D eigenvalue weighted by Gasteiger charge is -2.09. The van der Waals surface area contributed by atoms with Crippen LogP contribution in [-0.4, -0.2) is 36.2 Å². The molecule has 0 radical (unpaired) electrons. The molecule has 114 valence electrons. The maximum Gasteiger partial charge on any atom is 0.276 e. The number of terminal acetylenes is 1. The Kier molecular flexibility index (Phi) is 5.02. The number of amides is 1. The Balaban J connectivity index is 2.27. The van der Waals surface area contributed by atoms with Gasteiger partial charge in [-0.25, -0.2) is 0 Å². The summed E-state index contributed by atoms with van der Waals surface area (Å²) in [5.41, 5.74) is 1.23. The van der Waals surface area contributed by atoms with Crippen LogP contribution >= 0.6 is 12.2 Å². The van der Waals surface area contributed by atoms with Gasteiger partial charge in [-0.1, -0.05) is 12.0 Å². The smallest absolute Gasteiger partial charge is 0.276 e. The van der Waals surface area contributed by atoms with Gasteiger partial charge in [-0.3, -0.25) is 9.69 Å². The first-order valence-electron chi connectivity index (χ1n) is 6.69. The van der Waals surface area contributed by atoms with Crippen molar-refractivity contribution >= 4 is 29.3 Å². The highest BCUT2D eigenvalue weighted by atomic mass is 32.1. The van der Waals surface area contributed by atoms with Gasteiger partial charge in [0.25, 0.3) is 5.91 Å². The van der Waals surface area contributed by atoms with E-state index in [1.807, 2.05) is 13.0 Å². The van der Waals surface area contributed by atoms with Crippen molar-refractivity contribution in [3.05, 3.63) is 29.5 Å². The number of hydrogen-bond donors (Lipinski definition) is 1. The molecule has 2 rings (SSSR count). The minimum Gasteiger partial charge on any atom is -0.493 e. The van der Waals surface area contributed by atoms with Gasteiger partial charge >= 0.3 is 0 Å². The van der Waals surface area contributed by atoms with Crippen molar-refractivity contribution < 1.29 is 14.3 Å². The highest BCUT2D eigenvalue weighted by Gasteiger charge is 2.28. The fourth-order valence-electron chi connectivity index (χ4n) is 2.04. The lowest BCUT2D eigenvalue weighted by Crippen LogP contribution is -2.30. The molecule has 1 aromatic carbocycles. The van der Waals surface area contributed by atoms with Crippen LogP contribution < -0.4 is 14.8 Å². The zero-order chi connectivity index (χ0) is 16.1. The van der Waals surface area contributed by atoms with Crippen LogP contribution in [0.15, 0.2) is 23.9 Å². The number of rotatable bonds is 5. The Bertz CT molecular complexity index is 676. The minimum absolute atomic E-state index is 0.140. The molecule has 1 amide bonds. The number of nitrogens with zero attached hydrogens (tertiary/aromatic N) is 1. The van der Waals surface area contributed by atoms with E-state index in [0.717, 1.165) is 5.56 Å². The molecule has 1 saturated heterocycles. The average Bonchev–Trinajstić information content (AvgIpc) is 2.79. The van der Waals surface area contributed by atoms with Gasteiger partial charge < -0.3 is 14.8 Å². The highest BCUT2D eigenvalue weighted by molar-refractivity contribution is 7.80. The van der Waals surface area contributed by atoms with Crippen LogP contribution in [0.25, 0.3) is 6.08 Å². The van der Waals surface area contributed by atoms with Gasteiger partial charge in [0.2, 0.25) is 0 Å². The summed E-state index contributed by atoms with van der Waals surface area (Å²) in [6.07, 6.45) is 6.89. The second-order valence-electron chi connectivity index (χ2n) is 4.44. The Morgan fingerprint density at radius 2 is 2.23 bits per heavy atom. The summed E-state index contributed by atoms with van der Waals surface area (Å²) in [6.45, 7) is 2.57. The molecule has 1 heterocycles. The van der Waals surface area contributed by atoms with E-state index < -0.39 is 0 Å². The third kappa shape index (κ3) is 3.21. The van der Waals surface area contributed by atoms with E-state index in [-0.39, 0.29) is 12.5 Å². The molecule has 0 aromatic heterocycles. The minimum atomic E-state index is -0.140. The van der Waals surface area contributed by atoms with Gasteiger partial charge in [0.05, 0.1) is 7.11 Å². The number of benzene rings is 1. The van der Waals surface area contributed by atoms with Gasteiger partial charge in [0.1, 0.15) is 12.3 Å². The Labute approximate surface area is 134 Å². The third-order valence-corrected chi connectivity index (χ3v) is 3.41. The maximum atomic E-state index is 12.1. The molecule has 0 unspecified atom stereocenters. The molecule has 1 aliphatic heterocycles. The van der Waals surface area contributed by atoms with Crippen LogP contribution in [0.3, 0.4) is 0 Å². The first-order chi connectivity index (χ1) is 10.6. The SMILES string of the molecule is C#CCOc1ccc(/C=C2/NC(=S)N(CC)C2=O)cc1OC. The Hall–Kier alpha value is -2.52. The normalized spacial score (nSPS) is 15.7. The number of methoxy groups -OCH3 is 1. The molecule has 0 saturated carbocycles. The topological polar surface area (TPSA) is 50.8 Å². The number of hydrogen-bond acceptors (Lipinski definition) is 4. The number of carbonyl (C=O) groups excluding carboxylic acids is 1. The largest absolute Gasteiger partial charge is 0.493 e. The molecule has 1 aromatic rings. The van der Waals surface area contributed by atoms with Crippen LogP contribution in [0.5, 0.6) is 11.5 Å². The van der Waals surface area contributed by atoms with E-state index in [0.29, 0.717) is 28.9 Å². The number of likely N-dealkylation sites (N-methyl/N-ethyl adjacent to an activating group) is 1. The van der Waals surface area contributed by atoms with Crippen molar-refractivity contribution in [2.24, 2.45) is 0 Å². The molecular formula is C16H16N2O3S. The van der Waals surface area contributed by atoms with E-state index in [1.165, 1.54) is 4.90 Å². The lowest BCUT2D eigenvalue weighted by molar-refractivity contribution is -0.122. The summed E-state index contributed by atoms with van der Waals surface area (Å²) in [4.78, 5) is 13.6. The molecule has 1 fully saturated rings. The first kappa shape index (κ1) is 15.9. The van der Waals surface area contributed by atoms with Gasteiger partial charge in [-0.15, -0.1) is 6.42 Å². The van der Waals surface area contributed by atoms with Crippen LogP contribution in [-0.2, 0) is 4.79 Å².